The highest BCUT2D eigenvalue weighted by Crippen LogP contribution is 2.22. The van der Waals surface area contributed by atoms with E-state index < -0.39 is 0 Å². The highest BCUT2D eigenvalue weighted by atomic mass is 32.2. The van der Waals surface area contributed by atoms with Gasteiger partial charge in [0.05, 0.1) is 11.3 Å². The second kappa shape index (κ2) is 6.36. The van der Waals surface area contributed by atoms with Crippen LogP contribution < -0.4 is 5.73 Å². The first kappa shape index (κ1) is 14.9. The van der Waals surface area contributed by atoms with Gasteiger partial charge in [-0.15, -0.1) is 11.8 Å². The van der Waals surface area contributed by atoms with Gasteiger partial charge < -0.3 is 5.73 Å². The van der Waals surface area contributed by atoms with Crippen LogP contribution in [0.4, 0.5) is 5.82 Å². The second-order valence-electron chi connectivity index (χ2n) is 5.46. The molecule has 2 N–H and O–H groups in total. The number of nitrogen functional groups attached to an aromatic ring is 1. The van der Waals surface area contributed by atoms with Crippen molar-refractivity contribution >= 4 is 28.5 Å². The van der Waals surface area contributed by atoms with E-state index in [1.54, 1.807) is 0 Å². The molecule has 1 heterocycles. The number of rotatable bonds is 4. The fourth-order valence-electron chi connectivity index (χ4n) is 2.42. The van der Waals surface area contributed by atoms with Crippen molar-refractivity contribution in [2.45, 2.75) is 25.4 Å². The molecule has 2 aromatic carbocycles. The molecule has 0 bridgehead atoms. The van der Waals surface area contributed by atoms with E-state index in [0.717, 1.165) is 28.2 Å². The SMILES string of the molecule is Cc1ccc(C)c(CSCc2nc(N)c3ccccc3n2)c1. The van der Waals surface area contributed by atoms with Crippen LogP contribution in [0, 0.1) is 13.8 Å². The van der Waals surface area contributed by atoms with Gasteiger partial charge >= 0.3 is 0 Å². The molecule has 0 spiro atoms. The van der Waals surface area contributed by atoms with Crippen LogP contribution in [0.3, 0.4) is 0 Å². The smallest absolute Gasteiger partial charge is 0.141 e. The Morgan fingerprint density at radius 3 is 2.68 bits per heavy atom. The molecule has 3 aromatic rings. The van der Waals surface area contributed by atoms with E-state index in [9.17, 15) is 0 Å². The van der Waals surface area contributed by atoms with Gasteiger partial charge in [0, 0.05) is 11.1 Å². The summed E-state index contributed by atoms with van der Waals surface area (Å²) < 4.78 is 0. The van der Waals surface area contributed by atoms with Crippen molar-refractivity contribution in [2.24, 2.45) is 0 Å². The van der Waals surface area contributed by atoms with Crippen molar-refractivity contribution < 1.29 is 0 Å². The molecule has 22 heavy (non-hydrogen) atoms. The number of aryl methyl sites for hydroxylation is 2. The molecule has 0 saturated heterocycles. The number of fused-ring (bicyclic) bond motifs is 1. The van der Waals surface area contributed by atoms with Crippen LogP contribution in [-0.2, 0) is 11.5 Å². The van der Waals surface area contributed by atoms with Crippen molar-refractivity contribution in [3.05, 3.63) is 65.0 Å². The molecule has 0 fully saturated rings. The number of hydrogen-bond donors (Lipinski definition) is 1. The van der Waals surface area contributed by atoms with Crippen molar-refractivity contribution in [1.82, 2.24) is 9.97 Å². The van der Waals surface area contributed by atoms with Gasteiger partial charge in [0.25, 0.3) is 0 Å². The van der Waals surface area contributed by atoms with Gasteiger partial charge in [-0.05, 0) is 37.1 Å². The minimum Gasteiger partial charge on any atom is -0.383 e. The summed E-state index contributed by atoms with van der Waals surface area (Å²) in [6.45, 7) is 4.28. The standard InChI is InChI=1S/C18H19N3S/c1-12-7-8-13(2)14(9-12)10-22-11-17-20-16-6-4-3-5-15(16)18(19)21-17/h3-9H,10-11H2,1-2H3,(H2,19,20,21). The molecule has 0 amide bonds. The molecule has 0 unspecified atom stereocenters. The first-order valence-corrected chi connectivity index (χ1v) is 8.44. The highest BCUT2D eigenvalue weighted by molar-refractivity contribution is 7.97. The van der Waals surface area contributed by atoms with E-state index >= 15 is 0 Å². The maximum atomic E-state index is 6.02. The molecule has 0 atom stereocenters. The van der Waals surface area contributed by atoms with Crippen LogP contribution in [0.25, 0.3) is 10.9 Å². The summed E-state index contributed by atoms with van der Waals surface area (Å²) in [5.41, 5.74) is 10.9. The maximum absolute atomic E-state index is 6.02. The minimum absolute atomic E-state index is 0.563. The fourth-order valence-corrected chi connectivity index (χ4v) is 3.37. The first-order valence-electron chi connectivity index (χ1n) is 7.28. The molecule has 0 saturated carbocycles. The average Bonchev–Trinajstić information content (AvgIpc) is 2.51. The van der Waals surface area contributed by atoms with Crippen LogP contribution in [0.1, 0.15) is 22.5 Å². The lowest BCUT2D eigenvalue weighted by Gasteiger charge is -2.08. The van der Waals surface area contributed by atoms with Gasteiger partial charge in [0.2, 0.25) is 0 Å². The molecular formula is C18H19N3S. The third kappa shape index (κ3) is 3.22. The van der Waals surface area contributed by atoms with Gasteiger partial charge in [-0.25, -0.2) is 9.97 Å². The van der Waals surface area contributed by atoms with E-state index in [0.29, 0.717) is 5.82 Å². The van der Waals surface area contributed by atoms with Crippen molar-refractivity contribution in [3.63, 3.8) is 0 Å². The van der Waals surface area contributed by atoms with Crippen LogP contribution in [-0.4, -0.2) is 9.97 Å². The van der Waals surface area contributed by atoms with Gasteiger partial charge in [-0.3, -0.25) is 0 Å². The Balaban J connectivity index is 1.73. The first-order chi connectivity index (χ1) is 10.6. The summed E-state index contributed by atoms with van der Waals surface area (Å²) in [5.74, 6) is 3.09. The third-order valence-corrected chi connectivity index (χ3v) is 4.65. The molecule has 0 radical (unpaired) electrons. The fraction of sp³-hybridized carbons (Fsp3) is 0.222. The van der Waals surface area contributed by atoms with E-state index in [2.05, 4.69) is 42.0 Å². The van der Waals surface area contributed by atoms with Gasteiger partial charge in [-0.2, -0.15) is 0 Å². The number of anilines is 1. The summed E-state index contributed by atoms with van der Waals surface area (Å²) in [6, 6.07) is 14.4. The lowest BCUT2D eigenvalue weighted by Crippen LogP contribution is -2.00. The Kier molecular flexibility index (Phi) is 4.29. The number of benzene rings is 2. The van der Waals surface area contributed by atoms with Gasteiger partial charge in [-0.1, -0.05) is 35.9 Å². The monoisotopic (exact) mass is 309 g/mol. The van der Waals surface area contributed by atoms with E-state index in [-0.39, 0.29) is 0 Å². The van der Waals surface area contributed by atoms with Crippen molar-refractivity contribution in [1.29, 1.82) is 0 Å². The lowest BCUT2D eigenvalue weighted by molar-refractivity contribution is 1.07. The van der Waals surface area contributed by atoms with Gasteiger partial charge in [0.1, 0.15) is 11.6 Å². The molecule has 4 heteroatoms. The van der Waals surface area contributed by atoms with Gasteiger partial charge in [0.15, 0.2) is 0 Å². The molecular weight excluding hydrogens is 290 g/mol. The Bertz CT molecular complexity index is 815. The number of thioether (sulfide) groups is 1. The molecule has 0 aliphatic carbocycles. The number of hydrogen-bond acceptors (Lipinski definition) is 4. The molecule has 0 aliphatic heterocycles. The summed E-state index contributed by atoms with van der Waals surface area (Å²) in [6.07, 6.45) is 0. The summed E-state index contributed by atoms with van der Waals surface area (Å²) in [7, 11) is 0. The molecule has 3 rings (SSSR count). The Morgan fingerprint density at radius 1 is 1.00 bits per heavy atom. The maximum Gasteiger partial charge on any atom is 0.141 e. The van der Waals surface area contributed by atoms with Crippen LogP contribution in [0.15, 0.2) is 42.5 Å². The topological polar surface area (TPSA) is 51.8 Å². The summed E-state index contributed by atoms with van der Waals surface area (Å²) >= 11 is 1.82. The Hall–Kier alpha value is -2.07. The Labute approximate surface area is 135 Å². The zero-order valence-electron chi connectivity index (χ0n) is 12.8. The Morgan fingerprint density at radius 2 is 1.82 bits per heavy atom. The highest BCUT2D eigenvalue weighted by Gasteiger charge is 2.06. The molecule has 3 nitrogen and oxygen atoms in total. The zero-order valence-corrected chi connectivity index (χ0v) is 13.7. The van der Waals surface area contributed by atoms with Crippen LogP contribution in [0.5, 0.6) is 0 Å². The predicted octanol–water partition coefficient (Wildman–Crippen LogP) is 4.26. The van der Waals surface area contributed by atoms with Crippen LogP contribution >= 0.6 is 11.8 Å². The number of aromatic nitrogens is 2. The molecule has 112 valence electrons. The van der Waals surface area contributed by atoms with E-state index in [1.165, 1.54) is 16.7 Å². The molecule has 1 aromatic heterocycles. The van der Waals surface area contributed by atoms with E-state index in [1.807, 2.05) is 36.0 Å². The normalized spacial score (nSPS) is 11.0. The predicted molar refractivity (Wildman–Crippen MR) is 94.9 cm³/mol. The molecule has 0 aliphatic rings. The number of nitrogens with zero attached hydrogens (tertiary/aromatic N) is 2. The zero-order chi connectivity index (χ0) is 15.5. The van der Waals surface area contributed by atoms with Crippen LogP contribution in [0.2, 0.25) is 0 Å². The third-order valence-electron chi connectivity index (χ3n) is 3.67. The second-order valence-corrected chi connectivity index (χ2v) is 6.45. The van der Waals surface area contributed by atoms with Crippen molar-refractivity contribution in [2.75, 3.05) is 5.73 Å². The van der Waals surface area contributed by atoms with E-state index in [4.69, 9.17) is 5.73 Å². The lowest BCUT2D eigenvalue weighted by atomic mass is 10.1. The number of nitrogens with two attached hydrogens (primary N) is 1. The quantitative estimate of drug-likeness (QED) is 0.782. The minimum atomic E-state index is 0.563. The number of para-hydroxylation sites is 1. The summed E-state index contributed by atoms with van der Waals surface area (Å²) in [5, 5.41) is 0.922. The summed E-state index contributed by atoms with van der Waals surface area (Å²) in [4.78, 5) is 9.01. The van der Waals surface area contributed by atoms with Crippen molar-refractivity contribution in [3.8, 4) is 0 Å². The largest absolute Gasteiger partial charge is 0.383 e. The average molecular weight is 309 g/mol.